The molecule has 8 heteroatoms. The standard InChI is InChI=1S/C19H21N3O5/c1-20(10-11-23)13-18(24)21(2)17-9-8-15(22(26)27)12-16(17)19(25)14-6-4-3-5-7-14/h3-9,12,23H,10-11,13H2,1-2H3. The Morgan fingerprint density at radius 2 is 1.78 bits per heavy atom. The number of nitro groups is 1. The molecule has 2 rings (SSSR count). The number of aliphatic hydroxyl groups is 1. The van der Waals surface area contributed by atoms with Crippen LogP contribution < -0.4 is 4.90 Å². The van der Waals surface area contributed by atoms with E-state index in [-0.39, 0.29) is 36.0 Å². The van der Waals surface area contributed by atoms with E-state index in [9.17, 15) is 19.7 Å². The van der Waals surface area contributed by atoms with E-state index < -0.39 is 10.7 Å². The molecule has 1 N–H and O–H groups in total. The van der Waals surface area contributed by atoms with E-state index in [0.717, 1.165) is 0 Å². The van der Waals surface area contributed by atoms with Gasteiger partial charge in [0.1, 0.15) is 0 Å². The summed E-state index contributed by atoms with van der Waals surface area (Å²) in [5.41, 5.74) is 0.515. The van der Waals surface area contributed by atoms with Crippen LogP contribution >= 0.6 is 0 Å². The summed E-state index contributed by atoms with van der Waals surface area (Å²) in [6, 6.07) is 12.2. The van der Waals surface area contributed by atoms with Crippen molar-refractivity contribution in [3.05, 3.63) is 69.8 Å². The third-order valence-electron chi connectivity index (χ3n) is 4.09. The number of rotatable bonds is 8. The molecule has 1 amide bonds. The van der Waals surface area contributed by atoms with E-state index in [0.29, 0.717) is 12.1 Å². The first-order valence-corrected chi connectivity index (χ1v) is 8.29. The smallest absolute Gasteiger partial charge is 0.270 e. The zero-order chi connectivity index (χ0) is 20.0. The Hall–Kier alpha value is -3.10. The highest BCUT2D eigenvalue weighted by molar-refractivity contribution is 6.14. The van der Waals surface area contributed by atoms with Gasteiger partial charge in [-0.2, -0.15) is 0 Å². The lowest BCUT2D eigenvalue weighted by Gasteiger charge is -2.23. The van der Waals surface area contributed by atoms with Gasteiger partial charge < -0.3 is 10.0 Å². The number of nitrogens with zero attached hydrogens (tertiary/aromatic N) is 3. The van der Waals surface area contributed by atoms with E-state index >= 15 is 0 Å². The van der Waals surface area contributed by atoms with Gasteiger partial charge in [0, 0.05) is 31.3 Å². The van der Waals surface area contributed by atoms with Gasteiger partial charge in [0.15, 0.2) is 5.78 Å². The lowest BCUT2D eigenvalue weighted by atomic mass is 10.0. The molecule has 0 aliphatic rings. The summed E-state index contributed by atoms with van der Waals surface area (Å²) >= 11 is 0. The molecule has 0 aliphatic heterocycles. The fourth-order valence-corrected chi connectivity index (χ4v) is 2.58. The predicted octanol–water partition coefficient (Wildman–Crippen LogP) is 1.71. The number of hydrogen-bond donors (Lipinski definition) is 1. The van der Waals surface area contributed by atoms with Crippen molar-refractivity contribution in [2.75, 3.05) is 38.7 Å². The molecular formula is C19H21N3O5. The number of amides is 1. The summed E-state index contributed by atoms with van der Waals surface area (Å²) < 4.78 is 0. The number of benzene rings is 2. The Labute approximate surface area is 156 Å². The van der Waals surface area contributed by atoms with E-state index in [1.807, 2.05) is 0 Å². The van der Waals surface area contributed by atoms with Crippen molar-refractivity contribution in [2.24, 2.45) is 0 Å². The second-order valence-electron chi connectivity index (χ2n) is 6.07. The zero-order valence-corrected chi connectivity index (χ0v) is 15.2. The maximum absolute atomic E-state index is 12.9. The van der Waals surface area contributed by atoms with Crippen LogP contribution in [0.1, 0.15) is 15.9 Å². The number of hydrogen-bond acceptors (Lipinski definition) is 6. The van der Waals surface area contributed by atoms with E-state index in [1.54, 1.807) is 42.3 Å². The molecule has 0 heterocycles. The molecule has 0 bridgehead atoms. The lowest BCUT2D eigenvalue weighted by Crippen LogP contribution is -2.38. The highest BCUT2D eigenvalue weighted by Crippen LogP contribution is 2.27. The van der Waals surface area contributed by atoms with Crippen molar-refractivity contribution >= 4 is 23.1 Å². The molecule has 0 fully saturated rings. The van der Waals surface area contributed by atoms with Crippen molar-refractivity contribution in [3.8, 4) is 0 Å². The van der Waals surface area contributed by atoms with E-state index in [4.69, 9.17) is 5.11 Å². The molecule has 0 atom stereocenters. The first-order valence-electron chi connectivity index (χ1n) is 8.29. The van der Waals surface area contributed by atoms with Crippen molar-refractivity contribution in [3.63, 3.8) is 0 Å². The quantitative estimate of drug-likeness (QED) is 0.430. The minimum Gasteiger partial charge on any atom is -0.395 e. The minimum atomic E-state index is -0.581. The Morgan fingerprint density at radius 1 is 1.11 bits per heavy atom. The van der Waals surface area contributed by atoms with Gasteiger partial charge >= 0.3 is 0 Å². The maximum atomic E-state index is 12.9. The van der Waals surface area contributed by atoms with Crippen molar-refractivity contribution < 1.29 is 19.6 Å². The van der Waals surface area contributed by atoms with Gasteiger partial charge in [0.05, 0.1) is 29.3 Å². The predicted molar refractivity (Wildman–Crippen MR) is 101 cm³/mol. The molecule has 0 unspecified atom stereocenters. The Bertz CT molecular complexity index is 838. The van der Waals surface area contributed by atoms with Gasteiger partial charge in [-0.05, 0) is 13.1 Å². The molecule has 0 saturated heterocycles. The fraction of sp³-hybridized carbons (Fsp3) is 0.263. The highest BCUT2D eigenvalue weighted by Gasteiger charge is 2.23. The number of carbonyl (C=O) groups is 2. The topological polar surface area (TPSA) is 104 Å². The van der Waals surface area contributed by atoms with Gasteiger partial charge in [0.25, 0.3) is 5.69 Å². The van der Waals surface area contributed by atoms with Gasteiger partial charge in [0.2, 0.25) is 5.91 Å². The molecule has 0 radical (unpaired) electrons. The molecule has 0 spiro atoms. The maximum Gasteiger partial charge on any atom is 0.270 e. The molecule has 27 heavy (non-hydrogen) atoms. The normalized spacial score (nSPS) is 10.7. The fourth-order valence-electron chi connectivity index (χ4n) is 2.58. The summed E-state index contributed by atoms with van der Waals surface area (Å²) in [6.45, 7) is 0.283. The summed E-state index contributed by atoms with van der Waals surface area (Å²) in [5.74, 6) is -0.709. The number of nitro benzene ring substituents is 1. The number of anilines is 1. The number of carbonyl (C=O) groups excluding carboxylic acids is 2. The van der Waals surface area contributed by atoms with Crippen molar-refractivity contribution in [2.45, 2.75) is 0 Å². The molecule has 142 valence electrons. The molecule has 2 aromatic rings. The average Bonchev–Trinajstić information content (AvgIpc) is 2.67. The van der Waals surface area contributed by atoms with E-state index in [1.165, 1.54) is 30.1 Å². The van der Waals surface area contributed by atoms with Crippen LogP contribution in [0.15, 0.2) is 48.5 Å². The minimum absolute atomic E-state index is 0.0347. The van der Waals surface area contributed by atoms with Gasteiger partial charge in [-0.3, -0.25) is 24.6 Å². The van der Waals surface area contributed by atoms with Gasteiger partial charge in [-0.1, -0.05) is 30.3 Å². The van der Waals surface area contributed by atoms with Crippen LogP contribution in [0.2, 0.25) is 0 Å². The highest BCUT2D eigenvalue weighted by atomic mass is 16.6. The van der Waals surface area contributed by atoms with Crippen LogP contribution in [0, 0.1) is 10.1 Å². The largest absolute Gasteiger partial charge is 0.395 e. The summed E-state index contributed by atoms with van der Waals surface area (Å²) in [4.78, 5) is 38.9. The van der Waals surface area contributed by atoms with Crippen molar-refractivity contribution in [1.29, 1.82) is 0 Å². The second kappa shape index (κ2) is 9.02. The molecule has 8 nitrogen and oxygen atoms in total. The first kappa shape index (κ1) is 20.2. The van der Waals surface area contributed by atoms with Crippen molar-refractivity contribution in [1.82, 2.24) is 4.90 Å². The lowest BCUT2D eigenvalue weighted by molar-refractivity contribution is -0.384. The molecule has 0 aromatic heterocycles. The molecular weight excluding hydrogens is 350 g/mol. The zero-order valence-electron chi connectivity index (χ0n) is 15.2. The SMILES string of the molecule is CN(CCO)CC(=O)N(C)c1ccc([N+](=O)[O-])cc1C(=O)c1ccccc1. The van der Waals surface area contributed by atoms with Crippen LogP contribution in [-0.2, 0) is 4.79 Å². The van der Waals surface area contributed by atoms with Gasteiger partial charge in [-0.15, -0.1) is 0 Å². The summed E-state index contributed by atoms with van der Waals surface area (Å²) in [6.07, 6.45) is 0. The molecule has 0 saturated carbocycles. The summed E-state index contributed by atoms with van der Waals surface area (Å²) in [7, 11) is 3.20. The summed E-state index contributed by atoms with van der Waals surface area (Å²) in [5, 5.41) is 20.1. The first-order chi connectivity index (χ1) is 12.8. The Balaban J connectivity index is 2.42. The van der Waals surface area contributed by atoms with Crippen LogP contribution in [0.4, 0.5) is 11.4 Å². The average molecular weight is 371 g/mol. The van der Waals surface area contributed by atoms with Crippen LogP contribution in [0.3, 0.4) is 0 Å². The Kier molecular flexibility index (Phi) is 6.75. The number of ketones is 1. The third-order valence-corrected chi connectivity index (χ3v) is 4.09. The molecule has 2 aromatic carbocycles. The third kappa shape index (κ3) is 4.96. The molecule has 0 aliphatic carbocycles. The number of aliphatic hydroxyl groups excluding tert-OH is 1. The number of non-ortho nitro benzene ring substituents is 1. The van der Waals surface area contributed by atoms with E-state index in [2.05, 4.69) is 0 Å². The Morgan fingerprint density at radius 3 is 2.37 bits per heavy atom. The van der Waals surface area contributed by atoms with Crippen LogP contribution in [-0.4, -0.2) is 60.4 Å². The monoisotopic (exact) mass is 371 g/mol. The van der Waals surface area contributed by atoms with Gasteiger partial charge in [-0.25, -0.2) is 0 Å². The van der Waals surface area contributed by atoms with Crippen LogP contribution in [0.25, 0.3) is 0 Å². The van der Waals surface area contributed by atoms with Crippen LogP contribution in [0.5, 0.6) is 0 Å². The number of likely N-dealkylation sites (N-methyl/N-ethyl adjacent to an activating group) is 2. The second-order valence-corrected chi connectivity index (χ2v) is 6.07.